The smallest absolute Gasteiger partial charge is 0.264 e. The summed E-state index contributed by atoms with van der Waals surface area (Å²) in [5.74, 6) is -0.201. The summed E-state index contributed by atoms with van der Waals surface area (Å²) in [6.45, 7) is 3.06. The first-order valence-electron chi connectivity index (χ1n) is 8.36. The van der Waals surface area contributed by atoms with Gasteiger partial charge in [0.15, 0.2) is 0 Å². The maximum atomic E-state index is 12.9. The fraction of sp³-hybridized carbons (Fsp3) is 0.316. The zero-order valence-corrected chi connectivity index (χ0v) is 16.1. The molecule has 0 aliphatic carbocycles. The Kier molecular flexibility index (Phi) is 6.90. The molecule has 1 amide bonds. The molecular weight excluding hydrogens is 352 g/mol. The monoisotopic (exact) mass is 376 g/mol. The standard InChI is InChI=1S/C19H24N2O4S/c1-4-13-21(15-16-9-6-5-7-10-16)19(22)17-11-8-12-18(14-17)26(23,24)20(2)25-3/h5-12,14H,4,13,15H2,1-3H3. The summed E-state index contributed by atoms with van der Waals surface area (Å²) in [4.78, 5) is 19.5. The van der Waals surface area contributed by atoms with Crippen LogP contribution in [0.5, 0.6) is 0 Å². The summed E-state index contributed by atoms with van der Waals surface area (Å²) in [6, 6.07) is 15.7. The minimum atomic E-state index is -3.80. The van der Waals surface area contributed by atoms with Crippen molar-refractivity contribution in [1.82, 2.24) is 9.37 Å². The average Bonchev–Trinajstić information content (AvgIpc) is 2.67. The van der Waals surface area contributed by atoms with E-state index in [2.05, 4.69) is 0 Å². The first-order valence-corrected chi connectivity index (χ1v) is 9.80. The number of nitrogens with zero attached hydrogens (tertiary/aromatic N) is 2. The van der Waals surface area contributed by atoms with Gasteiger partial charge in [-0.1, -0.05) is 47.8 Å². The molecule has 0 radical (unpaired) electrons. The normalized spacial score (nSPS) is 11.5. The van der Waals surface area contributed by atoms with Crippen LogP contribution >= 0.6 is 0 Å². The number of benzene rings is 2. The Labute approximate surface area is 155 Å². The van der Waals surface area contributed by atoms with E-state index in [4.69, 9.17) is 4.84 Å². The van der Waals surface area contributed by atoms with Gasteiger partial charge >= 0.3 is 0 Å². The molecule has 0 heterocycles. The van der Waals surface area contributed by atoms with Gasteiger partial charge < -0.3 is 4.90 Å². The van der Waals surface area contributed by atoms with Crippen molar-refractivity contribution >= 4 is 15.9 Å². The lowest BCUT2D eigenvalue weighted by Crippen LogP contribution is -2.31. The predicted molar refractivity (Wildman–Crippen MR) is 99.9 cm³/mol. The molecule has 0 saturated heterocycles. The van der Waals surface area contributed by atoms with E-state index in [-0.39, 0.29) is 10.8 Å². The highest BCUT2D eigenvalue weighted by Gasteiger charge is 2.23. The first kappa shape index (κ1) is 20.1. The zero-order valence-electron chi connectivity index (χ0n) is 15.3. The van der Waals surface area contributed by atoms with Crippen molar-refractivity contribution in [1.29, 1.82) is 0 Å². The molecule has 0 aliphatic rings. The van der Waals surface area contributed by atoms with Crippen molar-refractivity contribution in [3.63, 3.8) is 0 Å². The summed E-state index contributed by atoms with van der Waals surface area (Å²) in [5.41, 5.74) is 1.36. The molecule has 0 unspecified atom stereocenters. The molecule has 6 nitrogen and oxygen atoms in total. The third-order valence-electron chi connectivity index (χ3n) is 3.97. The van der Waals surface area contributed by atoms with Crippen LogP contribution in [-0.4, -0.2) is 44.4 Å². The molecule has 0 fully saturated rings. The predicted octanol–water partition coefficient (Wildman–Crippen LogP) is 2.92. The summed E-state index contributed by atoms with van der Waals surface area (Å²) in [5, 5.41) is 0. The van der Waals surface area contributed by atoms with Gasteiger partial charge in [-0.25, -0.2) is 8.42 Å². The van der Waals surface area contributed by atoms with Crippen LogP contribution in [0.4, 0.5) is 0 Å². The van der Waals surface area contributed by atoms with E-state index < -0.39 is 10.0 Å². The van der Waals surface area contributed by atoms with Crippen LogP contribution in [0.1, 0.15) is 29.3 Å². The van der Waals surface area contributed by atoms with E-state index in [1.54, 1.807) is 17.0 Å². The second kappa shape index (κ2) is 8.93. The van der Waals surface area contributed by atoms with Crippen LogP contribution in [0.2, 0.25) is 0 Å². The number of sulfonamides is 1. The lowest BCUT2D eigenvalue weighted by molar-refractivity contribution is -0.0258. The molecule has 0 aliphatic heterocycles. The zero-order chi connectivity index (χ0) is 19.2. The van der Waals surface area contributed by atoms with E-state index in [9.17, 15) is 13.2 Å². The molecule has 0 bridgehead atoms. The highest BCUT2D eigenvalue weighted by molar-refractivity contribution is 7.89. The Morgan fingerprint density at radius 2 is 1.77 bits per heavy atom. The molecule has 2 rings (SSSR count). The average molecular weight is 376 g/mol. The van der Waals surface area contributed by atoms with Crippen LogP contribution in [0, 0.1) is 0 Å². The van der Waals surface area contributed by atoms with Crippen LogP contribution in [0.3, 0.4) is 0 Å². The van der Waals surface area contributed by atoms with E-state index in [0.717, 1.165) is 16.5 Å². The number of hydroxylamine groups is 1. The molecular formula is C19H24N2O4S. The van der Waals surface area contributed by atoms with Gasteiger partial charge in [-0.15, -0.1) is 0 Å². The van der Waals surface area contributed by atoms with Crippen LogP contribution in [0.15, 0.2) is 59.5 Å². The quantitative estimate of drug-likeness (QED) is 0.665. The van der Waals surface area contributed by atoms with E-state index in [1.807, 2.05) is 37.3 Å². The maximum Gasteiger partial charge on any atom is 0.264 e. The van der Waals surface area contributed by atoms with Gasteiger partial charge in [-0.2, -0.15) is 0 Å². The van der Waals surface area contributed by atoms with E-state index in [1.165, 1.54) is 26.3 Å². The van der Waals surface area contributed by atoms with Crippen molar-refractivity contribution in [2.24, 2.45) is 0 Å². The van der Waals surface area contributed by atoms with Gasteiger partial charge in [0, 0.05) is 25.7 Å². The number of hydrogen-bond donors (Lipinski definition) is 0. The highest BCUT2D eigenvalue weighted by atomic mass is 32.2. The van der Waals surface area contributed by atoms with Crippen LogP contribution in [-0.2, 0) is 21.4 Å². The van der Waals surface area contributed by atoms with Gasteiger partial charge in [0.05, 0.1) is 12.0 Å². The highest BCUT2D eigenvalue weighted by Crippen LogP contribution is 2.18. The third-order valence-corrected chi connectivity index (χ3v) is 5.65. The van der Waals surface area contributed by atoms with Crippen molar-refractivity contribution in [3.05, 3.63) is 65.7 Å². The Morgan fingerprint density at radius 1 is 1.08 bits per heavy atom. The van der Waals surface area contributed by atoms with Gasteiger partial charge in [0.25, 0.3) is 15.9 Å². The van der Waals surface area contributed by atoms with Crippen LogP contribution < -0.4 is 0 Å². The minimum absolute atomic E-state index is 0.0175. The lowest BCUT2D eigenvalue weighted by Gasteiger charge is -2.23. The van der Waals surface area contributed by atoms with Gasteiger partial charge in [-0.3, -0.25) is 9.63 Å². The minimum Gasteiger partial charge on any atom is -0.334 e. The SMILES string of the molecule is CCCN(Cc1ccccc1)C(=O)c1cccc(S(=O)(=O)N(C)OC)c1. The van der Waals surface area contributed by atoms with Crippen molar-refractivity contribution in [2.75, 3.05) is 20.7 Å². The molecule has 0 aromatic heterocycles. The first-order chi connectivity index (χ1) is 12.4. The van der Waals surface area contributed by atoms with Gasteiger partial charge in [-0.05, 0) is 30.2 Å². The summed E-state index contributed by atoms with van der Waals surface area (Å²) in [7, 11) is -1.22. The summed E-state index contributed by atoms with van der Waals surface area (Å²) < 4.78 is 25.6. The molecule has 2 aromatic carbocycles. The van der Waals surface area contributed by atoms with E-state index in [0.29, 0.717) is 18.7 Å². The number of carbonyl (C=O) groups is 1. The second-order valence-electron chi connectivity index (χ2n) is 5.84. The van der Waals surface area contributed by atoms with Gasteiger partial charge in [0.1, 0.15) is 0 Å². The molecule has 7 heteroatoms. The maximum absolute atomic E-state index is 12.9. The van der Waals surface area contributed by atoms with E-state index >= 15 is 0 Å². The summed E-state index contributed by atoms with van der Waals surface area (Å²) >= 11 is 0. The topological polar surface area (TPSA) is 66.9 Å². The molecule has 0 N–H and O–H groups in total. The molecule has 0 saturated carbocycles. The number of amides is 1. The number of carbonyl (C=O) groups excluding carboxylic acids is 1. The summed E-state index contributed by atoms with van der Waals surface area (Å²) in [6.07, 6.45) is 0.809. The number of rotatable bonds is 8. The molecule has 0 spiro atoms. The molecule has 2 aromatic rings. The Morgan fingerprint density at radius 3 is 2.38 bits per heavy atom. The van der Waals surface area contributed by atoms with Crippen LogP contribution in [0.25, 0.3) is 0 Å². The largest absolute Gasteiger partial charge is 0.334 e. The number of hydrogen-bond acceptors (Lipinski definition) is 4. The van der Waals surface area contributed by atoms with Gasteiger partial charge in [0.2, 0.25) is 0 Å². The fourth-order valence-electron chi connectivity index (χ4n) is 2.54. The third kappa shape index (κ3) is 4.69. The Bertz CT molecular complexity index is 838. The Balaban J connectivity index is 2.30. The Hall–Kier alpha value is -2.22. The van der Waals surface area contributed by atoms with Crippen molar-refractivity contribution in [2.45, 2.75) is 24.8 Å². The second-order valence-corrected chi connectivity index (χ2v) is 7.77. The molecule has 26 heavy (non-hydrogen) atoms. The lowest BCUT2D eigenvalue weighted by atomic mass is 10.1. The molecule has 0 atom stereocenters. The molecule has 140 valence electrons. The fourth-order valence-corrected chi connectivity index (χ4v) is 3.56. The van der Waals surface area contributed by atoms with Crippen molar-refractivity contribution in [3.8, 4) is 0 Å². The van der Waals surface area contributed by atoms with Crippen molar-refractivity contribution < 1.29 is 18.0 Å².